The van der Waals surface area contributed by atoms with Crippen molar-refractivity contribution in [1.29, 1.82) is 0 Å². The van der Waals surface area contributed by atoms with E-state index < -0.39 is 28.0 Å². The van der Waals surface area contributed by atoms with Gasteiger partial charge in [0.05, 0.1) is 4.90 Å². The topological polar surface area (TPSA) is 140 Å². The minimum Gasteiger partial charge on any atom is -0.454 e. The molecule has 0 unspecified atom stereocenters. The van der Waals surface area contributed by atoms with Crippen molar-refractivity contribution in [1.82, 2.24) is 20.0 Å². The number of likely N-dealkylation sites (N-methyl/N-ethyl adjacent to an activating group) is 1. The molecule has 12 heteroatoms. The highest BCUT2D eigenvalue weighted by Gasteiger charge is 2.29. The highest BCUT2D eigenvalue weighted by Crippen LogP contribution is 2.35. The van der Waals surface area contributed by atoms with E-state index in [0.717, 1.165) is 5.56 Å². The normalized spacial score (nSPS) is 12.8. The van der Waals surface area contributed by atoms with Crippen molar-refractivity contribution in [3.05, 3.63) is 97.1 Å². The molecule has 0 saturated carbocycles. The molecular formula is C29H27N5O6S. The third kappa shape index (κ3) is 6.44. The second-order valence-corrected chi connectivity index (χ2v) is 10.9. The van der Waals surface area contributed by atoms with Crippen LogP contribution in [0.15, 0.2) is 96.4 Å². The Labute approximate surface area is 237 Å². The second-order valence-electron chi connectivity index (χ2n) is 9.21. The number of ether oxygens (including phenoxy) is 2. The molecule has 0 bridgehead atoms. The highest BCUT2D eigenvalue weighted by atomic mass is 32.2. The van der Waals surface area contributed by atoms with Gasteiger partial charge in [-0.3, -0.25) is 4.79 Å². The molecule has 3 amide bonds. The van der Waals surface area contributed by atoms with Gasteiger partial charge in [0.2, 0.25) is 12.7 Å². The number of benzene rings is 3. The van der Waals surface area contributed by atoms with Crippen LogP contribution in [0.3, 0.4) is 0 Å². The van der Waals surface area contributed by atoms with Gasteiger partial charge in [-0.1, -0.05) is 48.5 Å². The van der Waals surface area contributed by atoms with Crippen LogP contribution in [0.25, 0.3) is 11.1 Å². The molecule has 5 rings (SSSR count). The predicted octanol–water partition coefficient (Wildman–Crippen LogP) is 3.52. The van der Waals surface area contributed by atoms with Crippen LogP contribution in [0.2, 0.25) is 0 Å². The summed E-state index contributed by atoms with van der Waals surface area (Å²) in [5.74, 6) is 0.636. The van der Waals surface area contributed by atoms with E-state index in [2.05, 4.69) is 20.0 Å². The number of hydrogen-bond donors (Lipinski definition) is 2. The van der Waals surface area contributed by atoms with Gasteiger partial charge in [0.25, 0.3) is 10.0 Å². The van der Waals surface area contributed by atoms with Gasteiger partial charge in [-0.05, 0) is 36.6 Å². The number of fused-ring (bicyclic) bond motifs is 1. The summed E-state index contributed by atoms with van der Waals surface area (Å²) in [6.45, 7) is 0.0901. The Hall–Kier alpha value is -4.97. The number of rotatable bonds is 9. The summed E-state index contributed by atoms with van der Waals surface area (Å²) in [4.78, 5) is 35.9. The molecule has 41 heavy (non-hydrogen) atoms. The average molecular weight is 574 g/mol. The molecule has 0 radical (unpaired) electrons. The minimum absolute atomic E-state index is 0.0901. The fourth-order valence-electron chi connectivity index (χ4n) is 4.41. The molecule has 1 atom stereocenters. The SMILES string of the molecule is CN(C(=O)[C@H](CCc1ccccc1)NC(=O)NS(=O)(=O)c1ccccc1-c1cncnc1)c1ccc2c(c1)OCO2. The van der Waals surface area contributed by atoms with Gasteiger partial charge in [-0.25, -0.2) is 27.9 Å². The smallest absolute Gasteiger partial charge is 0.329 e. The van der Waals surface area contributed by atoms with Crippen molar-refractivity contribution in [3.8, 4) is 22.6 Å². The number of aromatic nitrogens is 2. The number of carbonyl (C=O) groups is 2. The van der Waals surface area contributed by atoms with Gasteiger partial charge in [-0.2, -0.15) is 0 Å². The van der Waals surface area contributed by atoms with Crippen LogP contribution in [0.1, 0.15) is 12.0 Å². The Balaban J connectivity index is 1.36. The Kier molecular flexibility index (Phi) is 8.11. The molecule has 0 saturated heterocycles. The summed E-state index contributed by atoms with van der Waals surface area (Å²) in [7, 11) is -2.76. The monoisotopic (exact) mass is 573 g/mol. The number of hydrogen-bond acceptors (Lipinski definition) is 8. The number of anilines is 1. The van der Waals surface area contributed by atoms with Crippen LogP contribution < -0.4 is 24.4 Å². The van der Waals surface area contributed by atoms with Crippen molar-refractivity contribution in [2.24, 2.45) is 0 Å². The largest absolute Gasteiger partial charge is 0.454 e. The van der Waals surface area contributed by atoms with Crippen molar-refractivity contribution in [2.75, 3.05) is 18.7 Å². The molecule has 1 aliphatic heterocycles. The summed E-state index contributed by atoms with van der Waals surface area (Å²) in [6.07, 6.45) is 4.98. The first-order valence-electron chi connectivity index (χ1n) is 12.7. The zero-order valence-electron chi connectivity index (χ0n) is 22.1. The van der Waals surface area contributed by atoms with Crippen LogP contribution in [0.4, 0.5) is 10.5 Å². The number of carbonyl (C=O) groups excluding carboxylic acids is 2. The number of amides is 3. The Morgan fingerprint density at radius 1 is 0.951 bits per heavy atom. The van der Waals surface area contributed by atoms with E-state index >= 15 is 0 Å². The van der Waals surface area contributed by atoms with Crippen LogP contribution in [-0.2, 0) is 21.2 Å². The number of sulfonamides is 1. The first-order chi connectivity index (χ1) is 19.8. The maximum atomic E-state index is 13.6. The van der Waals surface area contributed by atoms with Gasteiger partial charge >= 0.3 is 6.03 Å². The average Bonchev–Trinajstić information content (AvgIpc) is 3.47. The van der Waals surface area contributed by atoms with E-state index in [1.54, 1.807) is 43.4 Å². The van der Waals surface area contributed by atoms with E-state index in [-0.39, 0.29) is 18.1 Å². The quantitative estimate of drug-likeness (QED) is 0.310. The summed E-state index contributed by atoms with van der Waals surface area (Å²) in [6, 6.07) is 18.7. The van der Waals surface area contributed by atoms with Crippen LogP contribution >= 0.6 is 0 Å². The molecule has 1 aromatic heterocycles. The summed E-state index contributed by atoms with van der Waals surface area (Å²) < 4.78 is 39.4. The number of nitrogens with one attached hydrogen (secondary N) is 2. The first-order valence-corrected chi connectivity index (χ1v) is 14.2. The lowest BCUT2D eigenvalue weighted by molar-refractivity contribution is -0.120. The van der Waals surface area contributed by atoms with Gasteiger partial charge in [0, 0.05) is 42.3 Å². The van der Waals surface area contributed by atoms with Crippen molar-refractivity contribution in [3.63, 3.8) is 0 Å². The van der Waals surface area contributed by atoms with Crippen LogP contribution in [0.5, 0.6) is 11.5 Å². The van der Waals surface area contributed by atoms with E-state index in [1.807, 2.05) is 30.3 Å². The van der Waals surface area contributed by atoms with Crippen molar-refractivity contribution >= 4 is 27.6 Å². The fraction of sp³-hybridized carbons (Fsp3) is 0.172. The highest BCUT2D eigenvalue weighted by molar-refractivity contribution is 7.90. The Bertz CT molecular complexity index is 1650. The molecular weight excluding hydrogens is 546 g/mol. The predicted molar refractivity (Wildman–Crippen MR) is 151 cm³/mol. The number of nitrogens with zero attached hydrogens (tertiary/aromatic N) is 3. The fourth-order valence-corrected chi connectivity index (χ4v) is 5.56. The lowest BCUT2D eigenvalue weighted by Gasteiger charge is -2.25. The molecule has 4 aromatic rings. The Morgan fingerprint density at radius 2 is 1.66 bits per heavy atom. The standard InChI is InChI=1S/C29H27N5O6S/c1-34(22-12-14-25-26(15-22)40-19-39-25)28(35)24(13-11-20-7-3-2-4-8-20)32-29(36)33-41(37,38)27-10-6-5-9-23(27)21-16-30-18-31-17-21/h2-10,12,14-18,24H,11,13,19H2,1H3,(H2,32,33,36)/t24-/m0/s1. The number of urea groups is 1. The van der Waals surface area contributed by atoms with Crippen molar-refractivity contribution in [2.45, 2.75) is 23.8 Å². The second kappa shape index (κ2) is 12.0. The third-order valence-electron chi connectivity index (χ3n) is 6.52. The maximum Gasteiger partial charge on any atom is 0.329 e. The van der Waals surface area contributed by atoms with E-state index in [0.29, 0.717) is 34.7 Å². The summed E-state index contributed by atoms with van der Waals surface area (Å²) >= 11 is 0. The first kappa shape index (κ1) is 27.6. The van der Waals surface area contributed by atoms with E-state index in [4.69, 9.17) is 9.47 Å². The zero-order chi connectivity index (χ0) is 28.8. The third-order valence-corrected chi connectivity index (χ3v) is 7.91. The lowest BCUT2D eigenvalue weighted by Crippen LogP contribution is -2.51. The number of aryl methyl sites for hydroxylation is 1. The van der Waals surface area contributed by atoms with Gasteiger partial charge in [0.1, 0.15) is 12.4 Å². The van der Waals surface area contributed by atoms with Gasteiger partial charge < -0.3 is 19.7 Å². The molecule has 1 aliphatic rings. The van der Waals surface area contributed by atoms with E-state index in [9.17, 15) is 18.0 Å². The molecule has 11 nitrogen and oxygen atoms in total. The molecule has 2 N–H and O–H groups in total. The maximum absolute atomic E-state index is 13.6. The molecule has 2 heterocycles. The van der Waals surface area contributed by atoms with E-state index in [1.165, 1.54) is 29.7 Å². The Morgan fingerprint density at radius 3 is 2.44 bits per heavy atom. The summed E-state index contributed by atoms with van der Waals surface area (Å²) in [5.41, 5.74) is 2.28. The van der Waals surface area contributed by atoms with Crippen LogP contribution in [0, 0.1) is 0 Å². The summed E-state index contributed by atoms with van der Waals surface area (Å²) in [5, 5.41) is 2.57. The molecule has 0 fully saturated rings. The van der Waals surface area contributed by atoms with Gasteiger partial charge in [0.15, 0.2) is 11.5 Å². The van der Waals surface area contributed by atoms with Crippen molar-refractivity contribution < 1.29 is 27.5 Å². The molecule has 0 aliphatic carbocycles. The molecule has 3 aromatic carbocycles. The zero-order valence-corrected chi connectivity index (χ0v) is 22.9. The lowest BCUT2D eigenvalue weighted by atomic mass is 10.0. The van der Waals surface area contributed by atoms with Gasteiger partial charge in [-0.15, -0.1) is 0 Å². The minimum atomic E-state index is -4.33. The van der Waals surface area contributed by atoms with Crippen LogP contribution in [-0.4, -0.2) is 50.2 Å². The molecule has 210 valence electrons. The molecule has 0 spiro atoms.